The molecule has 0 rings (SSSR count). The minimum atomic E-state index is -4.18. The van der Waals surface area contributed by atoms with E-state index in [0.29, 0.717) is 12.8 Å². The minimum Gasteiger partial charge on any atom is -0.748 e. The van der Waals surface area contributed by atoms with E-state index in [1.165, 1.54) is 32.1 Å². The Morgan fingerprint density at radius 2 is 1.00 bits per heavy atom. The quantitative estimate of drug-likeness (QED) is 0.194. The van der Waals surface area contributed by atoms with Gasteiger partial charge in [-0.3, -0.25) is 0 Å². The van der Waals surface area contributed by atoms with Gasteiger partial charge in [0.25, 0.3) is 0 Å². The van der Waals surface area contributed by atoms with Crippen LogP contribution in [0.5, 0.6) is 0 Å². The molecular weight excluding hydrogens is 387 g/mol. The van der Waals surface area contributed by atoms with Crippen LogP contribution >= 0.6 is 0 Å². The first kappa shape index (κ1) is 30.7. The second kappa shape index (κ2) is 20.8. The molecule has 6 heteroatoms. The molecule has 158 valence electrons. The van der Waals surface area contributed by atoms with E-state index in [9.17, 15) is 18.1 Å². The normalized spacial score (nSPS) is 13.9. The Morgan fingerprint density at radius 1 is 0.667 bits per heavy atom. The summed E-state index contributed by atoms with van der Waals surface area (Å²) in [6, 6.07) is 0. The maximum absolute atomic E-state index is 11.5. The van der Waals surface area contributed by atoms with E-state index in [0.717, 1.165) is 64.2 Å². The molecule has 0 aliphatic carbocycles. The van der Waals surface area contributed by atoms with E-state index in [-0.39, 0.29) is 57.5 Å². The molecule has 0 amide bonds. The molecule has 2 atom stereocenters. The third-order valence-corrected chi connectivity index (χ3v) is 6.53. The minimum absolute atomic E-state index is 0. The molecule has 0 aromatic heterocycles. The second-order valence-corrected chi connectivity index (χ2v) is 9.46. The third kappa shape index (κ3) is 20.6. The van der Waals surface area contributed by atoms with Crippen molar-refractivity contribution in [1.82, 2.24) is 0 Å². The summed E-state index contributed by atoms with van der Waals surface area (Å²) < 4.78 is 34.4. The van der Waals surface area contributed by atoms with Crippen LogP contribution in [0.25, 0.3) is 0 Å². The fraction of sp³-hybridized carbons (Fsp3) is 1.00. The first-order valence-corrected chi connectivity index (χ1v) is 12.5. The summed E-state index contributed by atoms with van der Waals surface area (Å²) in [5, 5.41) is 9.17. The zero-order chi connectivity index (χ0) is 19.7. The maximum atomic E-state index is 11.5. The van der Waals surface area contributed by atoms with Gasteiger partial charge in [-0.2, -0.15) is 0 Å². The number of hydrogen-bond acceptors (Lipinski definition) is 4. The summed E-state index contributed by atoms with van der Waals surface area (Å²) in [4.78, 5) is 0. The number of aliphatic hydroxyl groups is 1. The van der Waals surface area contributed by atoms with Gasteiger partial charge in [-0.15, -0.1) is 0 Å². The van der Waals surface area contributed by atoms with Crippen LogP contribution in [-0.2, 0) is 10.1 Å². The molecule has 0 spiro atoms. The van der Waals surface area contributed by atoms with E-state index in [1.807, 2.05) is 0 Å². The topological polar surface area (TPSA) is 77.4 Å². The second-order valence-electron chi connectivity index (χ2n) is 7.81. The van der Waals surface area contributed by atoms with E-state index < -0.39 is 15.4 Å². The van der Waals surface area contributed by atoms with Gasteiger partial charge in [-0.25, -0.2) is 8.42 Å². The summed E-state index contributed by atoms with van der Waals surface area (Å²) in [5.74, 6) is 0. The molecule has 0 heterocycles. The molecule has 0 aliphatic heterocycles. The monoisotopic (exact) mass is 430 g/mol. The zero-order valence-electron chi connectivity index (χ0n) is 18.3. The first-order chi connectivity index (χ1) is 12.4. The molecule has 27 heavy (non-hydrogen) atoms. The molecule has 1 N–H and O–H groups in total. The van der Waals surface area contributed by atoms with Crippen molar-refractivity contribution in [1.29, 1.82) is 0 Å². The summed E-state index contributed by atoms with van der Waals surface area (Å²) in [5.41, 5.74) is 0. The number of rotatable bonds is 19. The molecule has 0 aliphatic rings. The summed E-state index contributed by atoms with van der Waals surface area (Å²) in [6.45, 7) is 4.34. The summed E-state index contributed by atoms with van der Waals surface area (Å²) >= 11 is 0. The SMILES string of the molecule is CCCCCCCCCC(CCCCCC(O)CCCCC)S(=O)(=O)[O-].[K+]. The number of aliphatic hydroxyl groups excluding tert-OH is 1. The van der Waals surface area contributed by atoms with Crippen molar-refractivity contribution in [2.45, 2.75) is 134 Å². The van der Waals surface area contributed by atoms with Gasteiger partial charge in [0.1, 0.15) is 0 Å². The Balaban J connectivity index is 0. The Bertz CT molecular complexity index is 401. The van der Waals surface area contributed by atoms with Crippen molar-refractivity contribution in [3.63, 3.8) is 0 Å². The van der Waals surface area contributed by atoms with Crippen LogP contribution in [0.1, 0.15) is 123 Å². The van der Waals surface area contributed by atoms with Gasteiger partial charge in [-0.1, -0.05) is 97.3 Å². The fourth-order valence-electron chi connectivity index (χ4n) is 3.47. The van der Waals surface area contributed by atoms with E-state index in [2.05, 4.69) is 13.8 Å². The van der Waals surface area contributed by atoms with Crippen molar-refractivity contribution in [3.05, 3.63) is 0 Å². The molecule has 0 fully saturated rings. The van der Waals surface area contributed by atoms with Crippen molar-refractivity contribution < 1.29 is 69.5 Å². The van der Waals surface area contributed by atoms with Crippen LogP contribution in [0.15, 0.2) is 0 Å². The fourth-order valence-corrected chi connectivity index (χ4v) is 4.38. The Kier molecular flexibility index (Phi) is 23.6. The van der Waals surface area contributed by atoms with E-state index >= 15 is 0 Å². The largest absolute Gasteiger partial charge is 1.00 e. The predicted molar refractivity (Wildman–Crippen MR) is 109 cm³/mol. The molecule has 0 bridgehead atoms. The first-order valence-electron chi connectivity index (χ1n) is 11.0. The summed E-state index contributed by atoms with van der Waals surface area (Å²) in [6.07, 6.45) is 16.4. The van der Waals surface area contributed by atoms with Gasteiger partial charge in [0.2, 0.25) is 0 Å². The molecular formula is C21H43KO4S. The molecule has 0 saturated carbocycles. The average Bonchev–Trinajstić information content (AvgIpc) is 2.58. The predicted octanol–water partition coefficient (Wildman–Crippen LogP) is 2.94. The van der Waals surface area contributed by atoms with Crippen LogP contribution in [0, 0.1) is 0 Å². The standard InChI is InChI=1S/C21H44O4S.K/c1-3-5-7-8-9-10-14-18-21(26(23,24)25)19-15-11-13-17-20(22)16-12-6-4-2;/h20-22H,3-19H2,1-2H3,(H,23,24,25);/q;+1/p-1. The Hall–Kier alpha value is 1.51. The van der Waals surface area contributed by atoms with E-state index in [1.54, 1.807) is 0 Å². The molecule has 0 aromatic rings. The summed E-state index contributed by atoms with van der Waals surface area (Å²) in [7, 11) is -4.18. The van der Waals surface area contributed by atoms with Crippen molar-refractivity contribution >= 4 is 10.1 Å². The Labute approximate surface area is 211 Å². The van der Waals surface area contributed by atoms with Gasteiger partial charge >= 0.3 is 51.4 Å². The number of unbranched alkanes of at least 4 members (excludes halogenated alkanes) is 10. The smallest absolute Gasteiger partial charge is 0.748 e. The van der Waals surface area contributed by atoms with Crippen molar-refractivity contribution in [2.24, 2.45) is 0 Å². The molecule has 0 saturated heterocycles. The van der Waals surface area contributed by atoms with Crippen molar-refractivity contribution in [3.8, 4) is 0 Å². The average molecular weight is 431 g/mol. The molecule has 0 aromatic carbocycles. The molecule has 4 nitrogen and oxygen atoms in total. The van der Waals surface area contributed by atoms with Crippen LogP contribution in [0.3, 0.4) is 0 Å². The van der Waals surface area contributed by atoms with Gasteiger partial charge in [-0.05, 0) is 25.7 Å². The van der Waals surface area contributed by atoms with Crippen molar-refractivity contribution in [2.75, 3.05) is 0 Å². The van der Waals surface area contributed by atoms with Gasteiger partial charge in [0.05, 0.1) is 16.2 Å². The third-order valence-electron chi connectivity index (χ3n) is 5.24. The Morgan fingerprint density at radius 3 is 1.48 bits per heavy atom. The van der Waals surface area contributed by atoms with Gasteiger partial charge in [0.15, 0.2) is 0 Å². The van der Waals surface area contributed by atoms with Crippen LogP contribution in [-0.4, -0.2) is 29.4 Å². The molecule has 0 radical (unpaired) electrons. The van der Waals surface area contributed by atoms with E-state index in [4.69, 9.17) is 0 Å². The number of hydrogen-bond donors (Lipinski definition) is 1. The van der Waals surface area contributed by atoms with Gasteiger partial charge < -0.3 is 9.66 Å². The zero-order valence-corrected chi connectivity index (χ0v) is 22.2. The molecule has 2 unspecified atom stereocenters. The van der Waals surface area contributed by atoms with Gasteiger partial charge in [0, 0.05) is 5.25 Å². The van der Waals surface area contributed by atoms with Crippen LogP contribution in [0.4, 0.5) is 0 Å². The maximum Gasteiger partial charge on any atom is 1.00 e. The van der Waals surface area contributed by atoms with Crippen LogP contribution in [0.2, 0.25) is 0 Å². The van der Waals surface area contributed by atoms with Crippen LogP contribution < -0.4 is 51.4 Å².